The van der Waals surface area contributed by atoms with Gasteiger partial charge in [0.15, 0.2) is 0 Å². The van der Waals surface area contributed by atoms with Crippen molar-refractivity contribution >= 4 is 23.9 Å². The summed E-state index contributed by atoms with van der Waals surface area (Å²) in [5.41, 5.74) is 14.9. The van der Waals surface area contributed by atoms with Crippen LogP contribution in [0.3, 0.4) is 0 Å². The molecule has 0 heterocycles. The first-order valence-electron chi connectivity index (χ1n) is 19.4. The van der Waals surface area contributed by atoms with Crippen LogP contribution in [0.15, 0.2) is 170 Å². The van der Waals surface area contributed by atoms with E-state index in [0.29, 0.717) is 0 Å². The molecular formula is C53H32O8. The second-order valence-corrected chi connectivity index (χ2v) is 15.3. The van der Waals surface area contributed by atoms with Crippen molar-refractivity contribution in [2.24, 2.45) is 0 Å². The molecule has 0 amide bonds. The smallest absolute Gasteiger partial charge is 0.335 e. The van der Waals surface area contributed by atoms with E-state index in [9.17, 15) is 39.6 Å². The molecule has 10 rings (SSSR count). The third kappa shape index (κ3) is 5.84. The molecule has 0 unspecified atom stereocenters. The van der Waals surface area contributed by atoms with Crippen LogP contribution in [0.5, 0.6) is 0 Å². The minimum Gasteiger partial charge on any atom is -0.478 e. The van der Waals surface area contributed by atoms with E-state index < -0.39 is 29.3 Å². The second-order valence-electron chi connectivity index (χ2n) is 15.3. The van der Waals surface area contributed by atoms with Crippen molar-refractivity contribution in [1.29, 1.82) is 0 Å². The number of hydrogen-bond acceptors (Lipinski definition) is 4. The first-order chi connectivity index (χ1) is 29.5. The fourth-order valence-electron chi connectivity index (χ4n) is 9.17. The molecule has 2 aliphatic rings. The van der Waals surface area contributed by atoms with Crippen LogP contribution in [0.25, 0.3) is 66.8 Å². The molecule has 8 aromatic rings. The van der Waals surface area contributed by atoms with Gasteiger partial charge in [0.1, 0.15) is 0 Å². The second kappa shape index (κ2) is 13.9. The molecule has 0 fully saturated rings. The van der Waals surface area contributed by atoms with Gasteiger partial charge in [0, 0.05) is 0 Å². The van der Waals surface area contributed by atoms with Gasteiger partial charge in [0.05, 0.1) is 27.7 Å². The summed E-state index contributed by atoms with van der Waals surface area (Å²) in [4.78, 5) is 47.1. The summed E-state index contributed by atoms with van der Waals surface area (Å²) in [7, 11) is 0. The minimum atomic E-state index is -1.01. The highest BCUT2D eigenvalue weighted by Crippen LogP contribution is 2.64. The van der Waals surface area contributed by atoms with Crippen molar-refractivity contribution in [2.75, 3.05) is 0 Å². The maximum atomic E-state index is 11.8. The van der Waals surface area contributed by atoms with Crippen LogP contribution in [-0.4, -0.2) is 44.3 Å². The topological polar surface area (TPSA) is 149 Å². The van der Waals surface area contributed by atoms with Gasteiger partial charge in [-0.15, -0.1) is 0 Å². The van der Waals surface area contributed by atoms with E-state index in [4.69, 9.17) is 0 Å². The molecule has 2 aliphatic carbocycles. The fourth-order valence-corrected chi connectivity index (χ4v) is 9.17. The lowest BCUT2D eigenvalue weighted by Crippen LogP contribution is -2.26. The number of carboxylic acids is 4. The van der Waals surface area contributed by atoms with Crippen molar-refractivity contribution in [3.63, 3.8) is 0 Å². The van der Waals surface area contributed by atoms with E-state index in [0.717, 1.165) is 89.0 Å². The number of fused-ring (bicyclic) bond motifs is 10. The van der Waals surface area contributed by atoms with E-state index in [-0.39, 0.29) is 22.3 Å². The molecule has 8 aromatic carbocycles. The molecule has 292 valence electrons. The zero-order chi connectivity index (χ0) is 42.2. The number of benzene rings is 8. The summed E-state index contributed by atoms with van der Waals surface area (Å²) < 4.78 is 0. The van der Waals surface area contributed by atoms with E-state index in [1.807, 2.05) is 72.8 Å². The molecule has 0 aromatic heterocycles. The van der Waals surface area contributed by atoms with Gasteiger partial charge in [-0.1, -0.05) is 97.1 Å². The molecule has 0 atom stereocenters. The van der Waals surface area contributed by atoms with Crippen LogP contribution in [0, 0.1) is 0 Å². The summed E-state index contributed by atoms with van der Waals surface area (Å²) in [6, 6.07) is 52.7. The van der Waals surface area contributed by atoms with Crippen LogP contribution < -0.4 is 0 Å². The Bertz CT molecular complexity index is 2730. The third-order valence-corrected chi connectivity index (χ3v) is 12.1. The van der Waals surface area contributed by atoms with Gasteiger partial charge in [-0.2, -0.15) is 0 Å². The Morgan fingerprint density at radius 1 is 0.262 bits per heavy atom. The monoisotopic (exact) mass is 796 g/mol. The van der Waals surface area contributed by atoms with E-state index >= 15 is 0 Å². The molecule has 8 nitrogen and oxygen atoms in total. The Balaban J connectivity index is 1.27. The Morgan fingerprint density at radius 3 is 0.623 bits per heavy atom. The van der Waals surface area contributed by atoms with Gasteiger partial charge < -0.3 is 20.4 Å². The minimum absolute atomic E-state index is 0.184. The molecule has 0 saturated heterocycles. The molecule has 8 heteroatoms. The van der Waals surface area contributed by atoms with Crippen molar-refractivity contribution in [3.05, 3.63) is 214 Å². The van der Waals surface area contributed by atoms with E-state index in [1.165, 1.54) is 0 Å². The van der Waals surface area contributed by atoms with Crippen molar-refractivity contribution in [3.8, 4) is 66.8 Å². The quantitative estimate of drug-likeness (QED) is 0.119. The first kappa shape index (κ1) is 36.9. The largest absolute Gasteiger partial charge is 0.478 e. The zero-order valence-electron chi connectivity index (χ0n) is 32.1. The highest BCUT2D eigenvalue weighted by atomic mass is 16.4. The molecule has 0 aliphatic heterocycles. The Morgan fingerprint density at radius 2 is 0.443 bits per heavy atom. The molecular weight excluding hydrogens is 765 g/mol. The van der Waals surface area contributed by atoms with Crippen molar-refractivity contribution in [1.82, 2.24) is 0 Å². The van der Waals surface area contributed by atoms with E-state index in [2.05, 4.69) is 48.5 Å². The summed E-state index contributed by atoms with van der Waals surface area (Å²) in [6.45, 7) is 0. The Kier molecular flexibility index (Phi) is 8.41. The van der Waals surface area contributed by atoms with Crippen LogP contribution in [0.1, 0.15) is 63.7 Å². The molecule has 0 radical (unpaired) electrons. The van der Waals surface area contributed by atoms with Gasteiger partial charge in [-0.3, -0.25) is 0 Å². The normalized spacial score (nSPS) is 12.6. The lowest BCUT2D eigenvalue weighted by molar-refractivity contribution is 0.0686. The molecule has 1 spiro atoms. The highest BCUT2D eigenvalue weighted by Gasteiger charge is 2.52. The predicted molar refractivity (Wildman–Crippen MR) is 232 cm³/mol. The van der Waals surface area contributed by atoms with Crippen molar-refractivity contribution in [2.45, 2.75) is 5.41 Å². The first-order valence-corrected chi connectivity index (χ1v) is 19.4. The zero-order valence-corrected chi connectivity index (χ0v) is 32.1. The van der Waals surface area contributed by atoms with Gasteiger partial charge in [-0.05, 0) is 162 Å². The number of carbonyl (C=O) groups is 4. The van der Waals surface area contributed by atoms with Crippen LogP contribution >= 0.6 is 0 Å². The Hall–Kier alpha value is -8.36. The number of rotatable bonds is 8. The lowest BCUT2D eigenvalue weighted by atomic mass is 9.69. The van der Waals surface area contributed by atoms with Gasteiger partial charge in [0.25, 0.3) is 0 Å². The SMILES string of the molecule is O=C(O)c1ccc(-c2ccc3c(c2)C2(c4cc(-c5ccc(C(=O)O)cc5)ccc4-3)c3cc(-c4ccc(C(=O)O)cc4)ccc3-c3ccc(-c4ccc(C(=O)O)cc4)cc32)cc1. The molecule has 4 N–H and O–H groups in total. The average Bonchev–Trinajstić information content (AvgIpc) is 3.74. The summed E-state index contributed by atoms with van der Waals surface area (Å²) >= 11 is 0. The lowest BCUT2D eigenvalue weighted by Gasteiger charge is -2.32. The number of aromatic carboxylic acids is 4. The van der Waals surface area contributed by atoms with Crippen molar-refractivity contribution < 1.29 is 39.6 Å². The standard InChI is InChI=1S/C53H32O8/c54-49(55)33-9-1-29(2-10-33)37-17-21-41-42-22-18-38(30-3-11-34(12-4-30)50(56)57)26-46(42)53(45(41)25-37)47-27-39(31-5-13-35(14-6-31)51(58)59)19-23-43(47)44-24-20-40(28-48(44)53)32-7-15-36(16-8-32)52(60)61/h1-28H,(H,54,55)(H,56,57)(H,58,59)(H,60,61). The summed E-state index contributed by atoms with van der Waals surface area (Å²) in [5.74, 6) is -4.04. The van der Waals surface area contributed by atoms with E-state index in [1.54, 1.807) is 48.5 Å². The molecule has 61 heavy (non-hydrogen) atoms. The fraction of sp³-hybridized carbons (Fsp3) is 0.0189. The van der Waals surface area contributed by atoms with Gasteiger partial charge >= 0.3 is 23.9 Å². The maximum absolute atomic E-state index is 11.8. The third-order valence-electron chi connectivity index (χ3n) is 12.1. The summed E-state index contributed by atoms with van der Waals surface area (Å²) in [5, 5.41) is 38.6. The summed E-state index contributed by atoms with van der Waals surface area (Å²) in [6.07, 6.45) is 0. The van der Waals surface area contributed by atoms with Crippen LogP contribution in [0.2, 0.25) is 0 Å². The maximum Gasteiger partial charge on any atom is 0.335 e. The van der Waals surface area contributed by atoms with Crippen LogP contribution in [-0.2, 0) is 5.41 Å². The van der Waals surface area contributed by atoms with Crippen LogP contribution in [0.4, 0.5) is 0 Å². The molecule has 0 bridgehead atoms. The molecule has 0 saturated carbocycles. The van der Waals surface area contributed by atoms with Gasteiger partial charge in [0.2, 0.25) is 0 Å². The van der Waals surface area contributed by atoms with Gasteiger partial charge in [-0.25, -0.2) is 19.2 Å². The predicted octanol–water partition coefficient (Wildman–Crippen LogP) is 11.5. The average molecular weight is 797 g/mol. The number of carboxylic acid groups (broad SMARTS) is 4. The Labute approximate surface area is 348 Å². The number of hydrogen-bond donors (Lipinski definition) is 4. The highest BCUT2D eigenvalue weighted by molar-refractivity contribution is 5.99.